The Hall–Kier alpha value is -0.650. The van der Waals surface area contributed by atoms with Crippen molar-refractivity contribution < 1.29 is 9.18 Å². The molecule has 22 heavy (non-hydrogen) atoms. The Labute approximate surface area is 146 Å². The maximum atomic E-state index is 13.0. The third kappa shape index (κ3) is 5.86. The number of carbonyl (C=O) groups is 1. The molecule has 3 nitrogen and oxygen atoms in total. The van der Waals surface area contributed by atoms with Crippen LogP contribution in [0, 0.1) is 17.7 Å². The van der Waals surface area contributed by atoms with E-state index in [2.05, 4.69) is 33.5 Å². The average Bonchev–Trinajstić information content (AvgIpc) is 2.47. The van der Waals surface area contributed by atoms with Gasteiger partial charge in [-0.1, -0.05) is 28.9 Å². The fourth-order valence-electron chi connectivity index (χ4n) is 2.80. The summed E-state index contributed by atoms with van der Waals surface area (Å²) >= 11 is 3.31. The fourth-order valence-corrected chi connectivity index (χ4v) is 3.29. The maximum Gasteiger partial charge on any atom is 0.220 e. The van der Waals surface area contributed by atoms with E-state index in [4.69, 9.17) is 0 Å². The van der Waals surface area contributed by atoms with Crippen LogP contribution >= 0.6 is 28.3 Å². The number of benzene rings is 1. The van der Waals surface area contributed by atoms with Gasteiger partial charge in [-0.05, 0) is 55.5 Å². The quantitative estimate of drug-likeness (QED) is 0.802. The molecule has 1 aliphatic rings. The Balaban J connectivity index is 0.00000242. The van der Waals surface area contributed by atoms with E-state index in [1.165, 1.54) is 12.1 Å². The minimum atomic E-state index is -0.281. The molecular weight excluding hydrogens is 371 g/mol. The molecule has 1 aromatic rings. The van der Waals surface area contributed by atoms with E-state index in [1.54, 1.807) is 6.07 Å². The summed E-state index contributed by atoms with van der Waals surface area (Å²) in [7, 11) is 0. The molecule has 1 unspecified atom stereocenters. The van der Waals surface area contributed by atoms with Crippen LogP contribution in [-0.4, -0.2) is 19.0 Å². The smallest absolute Gasteiger partial charge is 0.220 e. The molecule has 2 N–H and O–H groups in total. The molecule has 0 radical (unpaired) electrons. The number of rotatable bonds is 5. The number of carbonyl (C=O) groups excluding carboxylic acids is 1. The summed E-state index contributed by atoms with van der Waals surface area (Å²) in [5.74, 6) is 0.826. The SMILES string of the molecule is CC(CC(=O)NCc1ccc(F)cc1Br)C1CCNCC1.Cl. The normalized spacial score (nSPS) is 16.7. The summed E-state index contributed by atoms with van der Waals surface area (Å²) in [6.45, 7) is 4.69. The minimum absolute atomic E-state index is 0. The topological polar surface area (TPSA) is 41.1 Å². The van der Waals surface area contributed by atoms with Crippen LogP contribution in [-0.2, 0) is 11.3 Å². The van der Waals surface area contributed by atoms with Crippen molar-refractivity contribution in [3.63, 3.8) is 0 Å². The number of amides is 1. The number of nitrogens with one attached hydrogen (secondary N) is 2. The van der Waals surface area contributed by atoms with Crippen molar-refractivity contribution in [3.8, 4) is 0 Å². The number of piperidine rings is 1. The van der Waals surface area contributed by atoms with E-state index in [0.29, 0.717) is 29.3 Å². The highest BCUT2D eigenvalue weighted by molar-refractivity contribution is 9.10. The summed E-state index contributed by atoms with van der Waals surface area (Å²) in [5.41, 5.74) is 0.888. The number of hydrogen-bond acceptors (Lipinski definition) is 2. The number of halogens is 3. The second-order valence-corrected chi connectivity index (χ2v) is 6.64. The lowest BCUT2D eigenvalue weighted by molar-refractivity contribution is -0.122. The van der Waals surface area contributed by atoms with Crippen molar-refractivity contribution >= 4 is 34.2 Å². The van der Waals surface area contributed by atoms with Crippen LogP contribution in [0.15, 0.2) is 22.7 Å². The monoisotopic (exact) mass is 392 g/mol. The van der Waals surface area contributed by atoms with Gasteiger partial charge in [-0.15, -0.1) is 12.4 Å². The summed E-state index contributed by atoms with van der Waals surface area (Å²) in [6.07, 6.45) is 2.86. The summed E-state index contributed by atoms with van der Waals surface area (Å²) in [4.78, 5) is 12.0. The minimum Gasteiger partial charge on any atom is -0.352 e. The molecule has 0 aromatic heterocycles. The third-order valence-electron chi connectivity index (χ3n) is 4.19. The molecule has 1 fully saturated rings. The summed E-state index contributed by atoms with van der Waals surface area (Å²) in [6, 6.07) is 4.51. The molecule has 1 heterocycles. The summed E-state index contributed by atoms with van der Waals surface area (Å²) < 4.78 is 13.7. The van der Waals surface area contributed by atoms with Gasteiger partial charge in [-0.3, -0.25) is 4.79 Å². The first-order chi connectivity index (χ1) is 10.1. The van der Waals surface area contributed by atoms with Gasteiger partial charge in [-0.25, -0.2) is 4.39 Å². The molecule has 1 saturated heterocycles. The van der Waals surface area contributed by atoms with Crippen LogP contribution in [0.3, 0.4) is 0 Å². The van der Waals surface area contributed by atoms with Crippen molar-refractivity contribution in [2.24, 2.45) is 11.8 Å². The van der Waals surface area contributed by atoms with Crippen LogP contribution < -0.4 is 10.6 Å². The zero-order valence-electron chi connectivity index (χ0n) is 12.7. The van der Waals surface area contributed by atoms with Gasteiger partial charge in [0.05, 0.1) is 0 Å². The summed E-state index contributed by atoms with van der Waals surface area (Å²) in [5, 5.41) is 6.27. The van der Waals surface area contributed by atoms with Crippen molar-refractivity contribution in [2.45, 2.75) is 32.7 Å². The van der Waals surface area contributed by atoms with Gasteiger partial charge in [0.15, 0.2) is 0 Å². The first-order valence-corrected chi connectivity index (χ1v) is 8.27. The Bertz CT molecular complexity index is 495. The molecule has 1 aromatic carbocycles. The van der Waals surface area contributed by atoms with E-state index >= 15 is 0 Å². The lowest BCUT2D eigenvalue weighted by atomic mass is 9.84. The van der Waals surface area contributed by atoms with Gasteiger partial charge < -0.3 is 10.6 Å². The fraction of sp³-hybridized carbons (Fsp3) is 0.562. The zero-order chi connectivity index (χ0) is 15.2. The van der Waals surface area contributed by atoms with Crippen molar-refractivity contribution in [2.75, 3.05) is 13.1 Å². The van der Waals surface area contributed by atoms with Gasteiger partial charge >= 0.3 is 0 Å². The Morgan fingerprint density at radius 3 is 2.77 bits per heavy atom. The largest absolute Gasteiger partial charge is 0.352 e. The highest BCUT2D eigenvalue weighted by atomic mass is 79.9. The van der Waals surface area contributed by atoms with Crippen LogP contribution in [0.4, 0.5) is 4.39 Å². The average molecular weight is 394 g/mol. The Morgan fingerprint density at radius 2 is 2.14 bits per heavy atom. The van der Waals surface area contributed by atoms with E-state index in [1.807, 2.05) is 0 Å². The van der Waals surface area contributed by atoms with Crippen LogP contribution in [0.25, 0.3) is 0 Å². The molecular formula is C16H23BrClFN2O. The first-order valence-electron chi connectivity index (χ1n) is 7.47. The predicted octanol–water partition coefficient (Wildman–Crippen LogP) is 3.65. The van der Waals surface area contributed by atoms with Gasteiger partial charge in [-0.2, -0.15) is 0 Å². The van der Waals surface area contributed by atoms with E-state index in [0.717, 1.165) is 31.5 Å². The molecule has 0 saturated carbocycles. The van der Waals surface area contributed by atoms with Crippen LogP contribution in [0.2, 0.25) is 0 Å². The van der Waals surface area contributed by atoms with Crippen molar-refractivity contribution in [3.05, 3.63) is 34.1 Å². The number of hydrogen-bond donors (Lipinski definition) is 2. The molecule has 0 spiro atoms. The first kappa shape index (κ1) is 19.4. The molecule has 0 bridgehead atoms. The lowest BCUT2D eigenvalue weighted by Gasteiger charge is -2.27. The van der Waals surface area contributed by atoms with Gasteiger partial charge in [0.1, 0.15) is 5.82 Å². The third-order valence-corrected chi connectivity index (χ3v) is 4.93. The standard InChI is InChI=1S/C16H22BrFN2O.ClH/c1-11(12-4-6-19-7-5-12)8-16(21)20-10-13-2-3-14(18)9-15(13)17;/h2-3,9,11-12,19H,4-8,10H2,1H3,(H,20,21);1H. The van der Waals surface area contributed by atoms with Gasteiger partial charge in [0.25, 0.3) is 0 Å². The molecule has 1 atom stereocenters. The van der Waals surface area contributed by atoms with E-state index in [-0.39, 0.29) is 24.1 Å². The predicted molar refractivity (Wildman–Crippen MR) is 92.6 cm³/mol. The molecule has 2 rings (SSSR count). The maximum absolute atomic E-state index is 13.0. The van der Waals surface area contributed by atoms with Crippen molar-refractivity contribution in [1.82, 2.24) is 10.6 Å². The Kier molecular flexibility index (Phi) is 8.36. The lowest BCUT2D eigenvalue weighted by Crippen LogP contribution is -2.33. The van der Waals surface area contributed by atoms with Gasteiger partial charge in [0, 0.05) is 17.4 Å². The van der Waals surface area contributed by atoms with E-state index < -0.39 is 0 Å². The molecule has 124 valence electrons. The Morgan fingerprint density at radius 1 is 1.45 bits per heavy atom. The molecule has 1 aliphatic heterocycles. The second-order valence-electron chi connectivity index (χ2n) is 5.78. The van der Waals surface area contributed by atoms with Crippen LogP contribution in [0.5, 0.6) is 0 Å². The van der Waals surface area contributed by atoms with E-state index in [9.17, 15) is 9.18 Å². The van der Waals surface area contributed by atoms with Crippen LogP contribution in [0.1, 0.15) is 31.7 Å². The highest BCUT2D eigenvalue weighted by Gasteiger charge is 2.21. The molecule has 0 aliphatic carbocycles. The zero-order valence-corrected chi connectivity index (χ0v) is 15.1. The van der Waals surface area contributed by atoms with Gasteiger partial charge in [0.2, 0.25) is 5.91 Å². The molecule has 6 heteroatoms. The second kappa shape index (κ2) is 9.48. The van der Waals surface area contributed by atoms with Crippen molar-refractivity contribution in [1.29, 1.82) is 0 Å². The highest BCUT2D eigenvalue weighted by Crippen LogP contribution is 2.24. The molecule has 1 amide bonds.